The first kappa shape index (κ1) is 10.3. The van der Waals surface area contributed by atoms with Crippen LogP contribution in [0.1, 0.15) is 26.2 Å². The van der Waals surface area contributed by atoms with Crippen LogP contribution in [-0.2, 0) is 4.79 Å². The third-order valence-corrected chi connectivity index (χ3v) is 2.51. The van der Waals surface area contributed by atoms with Crippen molar-refractivity contribution < 1.29 is 4.79 Å². The van der Waals surface area contributed by atoms with E-state index < -0.39 is 0 Å². The monoisotopic (exact) mass is 182 g/mol. The molecule has 0 aromatic rings. The normalized spacial score (nSPS) is 28.2. The molecule has 0 heterocycles. The van der Waals surface area contributed by atoms with Crippen molar-refractivity contribution >= 4 is 5.91 Å². The van der Waals surface area contributed by atoms with Crippen molar-refractivity contribution in [1.29, 1.82) is 0 Å². The van der Waals surface area contributed by atoms with E-state index in [4.69, 9.17) is 0 Å². The van der Waals surface area contributed by atoms with Crippen LogP contribution >= 0.6 is 0 Å². The molecule has 1 fully saturated rings. The number of amides is 1. The van der Waals surface area contributed by atoms with E-state index >= 15 is 0 Å². The minimum Gasteiger partial charge on any atom is -0.350 e. The van der Waals surface area contributed by atoms with Gasteiger partial charge in [-0.2, -0.15) is 0 Å². The van der Waals surface area contributed by atoms with Crippen LogP contribution in [0.2, 0.25) is 0 Å². The van der Waals surface area contributed by atoms with Gasteiger partial charge in [0.25, 0.3) is 0 Å². The topological polar surface area (TPSA) is 41.1 Å². The van der Waals surface area contributed by atoms with Crippen LogP contribution in [0.4, 0.5) is 0 Å². The molecular formula is C10H18N2O. The number of carbonyl (C=O) groups excluding carboxylic acids is 1. The van der Waals surface area contributed by atoms with Gasteiger partial charge in [-0.05, 0) is 39.3 Å². The van der Waals surface area contributed by atoms with Crippen LogP contribution in [0.15, 0.2) is 12.2 Å². The molecule has 1 rings (SSSR count). The summed E-state index contributed by atoms with van der Waals surface area (Å²) in [6.07, 6.45) is 6.65. The van der Waals surface area contributed by atoms with E-state index in [-0.39, 0.29) is 5.91 Å². The Labute approximate surface area is 79.6 Å². The predicted octanol–water partition coefficient (Wildman–Crippen LogP) is 0.819. The molecule has 0 bridgehead atoms. The van der Waals surface area contributed by atoms with Gasteiger partial charge >= 0.3 is 0 Å². The standard InChI is InChI=1S/C10H18N2O/c1-3-4-10(13)12-9-6-5-8(7-9)11-2/h3-4,8-9,11H,5-7H2,1-2H3,(H,12,13)/b4-3+/t8-,9+/m0/s1. The first-order valence-corrected chi connectivity index (χ1v) is 4.86. The summed E-state index contributed by atoms with van der Waals surface area (Å²) in [7, 11) is 1.97. The number of nitrogens with one attached hydrogen (secondary N) is 2. The number of carbonyl (C=O) groups is 1. The van der Waals surface area contributed by atoms with E-state index in [2.05, 4.69) is 10.6 Å². The lowest BCUT2D eigenvalue weighted by Crippen LogP contribution is -2.33. The molecule has 0 saturated heterocycles. The average molecular weight is 182 g/mol. The SMILES string of the molecule is C/C=C/C(=O)N[C@@H]1CC[C@H](NC)C1. The fraction of sp³-hybridized carbons (Fsp3) is 0.700. The van der Waals surface area contributed by atoms with Crippen LogP contribution < -0.4 is 10.6 Å². The molecule has 3 nitrogen and oxygen atoms in total. The lowest BCUT2D eigenvalue weighted by atomic mass is 10.2. The minimum atomic E-state index is 0.0317. The van der Waals surface area contributed by atoms with Crippen molar-refractivity contribution in [1.82, 2.24) is 10.6 Å². The zero-order chi connectivity index (χ0) is 9.68. The molecule has 1 aliphatic rings. The maximum atomic E-state index is 11.2. The smallest absolute Gasteiger partial charge is 0.243 e. The second-order valence-electron chi connectivity index (χ2n) is 3.50. The molecule has 13 heavy (non-hydrogen) atoms. The Morgan fingerprint density at radius 3 is 2.62 bits per heavy atom. The van der Waals surface area contributed by atoms with Crippen LogP contribution in [0.25, 0.3) is 0 Å². The van der Waals surface area contributed by atoms with Gasteiger partial charge in [0.05, 0.1) is 0 Å². The molecule has 1 amide bonds. The average Bonchev–Trinajstić information content (AvgIpc) is 2.52. The molecule has 0 radical (unpaired) electrons. The summed E-state index contributed by atoms with van der Waals surface area (Å²) in [6, 6.07) is 0.942. The lowest BCUT2D eigenvalue weighted by Gasteiger charge is -2.11. The Morgan fingerprint density at radius 1 is 1.38 bits per heavy atom. The van der Waals surface area contributed by atoms with E-state index in [0.29, 0.717) is 12.1 Å². The fourth-order valence-corrected chi connectivity index (χ4v) is 1.78. The maximum absolute atomic E-state index is 11.2. The fourth-order valence-electron chi connectivity index (χ4n) is 1.78. The number of allylic oxidation sites excluding steroid dienone is 1. The van der Waals surface area contributed by atoms with Crippen LogP contribution in [-0.4, -0.2) is 25.0 Å². The van der Waals surface area contributed by atoms with Crippen molar-refractivity contribution in [2.45, 2.75) is 38.3 Å². The van der Waals surface area contributed by atoms with E-state index in [1.165, 1.54) is 0 Å². The van der Waals surface area contributed by atoms with E-state index in [9.17, 15) is 4.79 Å². The summed E-state index contributed by atoms with van der Waals surface area (Å²) in [5.74, 6) is 0.0317. The van der Waals surface area contributed by atoms with Gasteiger partial charge in [-0.1, -0.05) is 6.08 Å². The van der Waals surface area contributed by atoms with E-state index in [0.717, 1.165) is 19.3 Å². The van der Waals surface area contributed by atoms with E-state index in [1.807, 2.05) is 14.0 Å². The van der Waals surface area contributed by atoms with Crippen molar-refractivity contribution in [2.24, 2.45) is 0 Å². The Balaban J connectivity index is 2.27. The third-order valence-electron chi connectivity index (χ3n) is 2.51. The maximum Gasteiger partial charge on any atom is 0.243 e. The van der Waals surface area contributed by atoms with Gasteiger partial charge in [0.1, 0.15) is 0 Å². The molecule has 0 aliphatic heterocycles. The highest BCUT2D eigenvalue weighted by atomic mass is 16.1. The summed E-state index contributed by atoms with van der Waals surface area (Å²) < 4.78 is 0. The van der Waals surface area contributed by atoms with Gasteiger partial charge in [-0.15, -0.1) is 0 Å². The summed E-state index contributed by atoms with van der Waals surface area (Å²) in [5.41, 5.74) is 0. The Kier molecular flexibility index (Phi) is 3.96. The Bertz CT molecular complexity index is 201. The second kappa shape index (κ2) is 5.02. The number of hydrogen-bond acceptors (Lipinski definition) is 2. The lowest BCUT2D eigenvalue weighted by molar-refractivity contribution is -0.117. The predicted molar refractivity (Wildman–Crippen MR) is 53.4 cm³/mol. The van der Waals surface area contributed by atoms with Crippen molar-refractivity contribution in [3.05, 3.63) is 12.2 Å². The molecule has 2 atom stereocenters. The number of hydrogen-bond donors (Lipinski definition) is 2. The van der Waals surface area contributed by atoms with Gasteiger partial charge in [0.2, 0.25) is 5.91 Å². The summed E-state index contributed by atoms with van der Waals surface area (Å²) >= 11 is 0. The molecule has 1 aliphatic carbocycles. The Morgan fingerprint density at radius 2 is 2.08 bits per heavy atom. The van der Waals surface area contributed by atoms with Crippen LogP contribution in [0, 0.1) is 0 Å². The molecule has 0 aromatic carbocycles. The first-order valence-electron chi connectivity index (χ1n) is 4.86. The van der Waals surface area contributed by atoms with Gasteiger partial charge in [0.15, 0.2) is 0 Å². The van der Waals surface area contributed by atoms with Gasteiger partial charge in [-0.3, -0.25) is 4.79 Å². The number of rotatable bonds is 3. The Hall–Kier alpha value is -0.830. The third kappa shape index (κ3) is 3.19. The molecule has 3 heteroatoms. The summed E-state index contributed by atoms with van der Waals surface area (Å²) in [5, 5.41) is 6.21. The molecule has 0 spiro atoms. The zero-order valence-corrected chi connectivity index (χ0v) is 8.34. The van der Waals surface area contributed by atoms with Crippen LogP contribution in [0.5, 0.6) is 0 Å². The van der Waals surface area contributed by atoms with Gasteiger partial charge < -0.3 is 10.6 Å². The van der Waals surface area contributed by atoms with Crippen molar-refractivity contribution in [3.8, 4) is 0 Å². The second-order valence-corrected chi connectivity index (χ2v) is 3.50. The molecule has 2 N–H and O–H groups in total. The highest BCUT2D eigenvalue weighted by Gasteiger charge is 2.23. The zero-order valence-electron chi connectivity index (χ0n) is 8.34. The quantitative estimate of drug-likeness (QED) is 0.634. The molecule has 0 unspecified atom stereocenters. The van der Waals surface area contributed by atoms with Crippen molar-refractivity contribution in [3.63, 3.8) is 0 Å². The highest BCUT2D eigenvalue weighted by Crippen LogP contribution is 2.18. The van der Waals surface area contributed by atoms with Gasteiger partial charge in [-0.25, -0.2) is 0 Å². The molecule has 74 valence electrons. The van der Waals surface area contributed by atoms with Crippen LogP contribution in [0.3, 0.4) is 0 Å². The van der Waals surface area contributed by atoms with Gasteiger partial charge in [0, 0.05) is 12.1 Å². The highest BCUT2D eigenvalue weighted by molar-refractivity contribution is 5.87. The van der Waals surface area contributed by atoms with Crippen molar-refractivity contribution in [2.75, 3.05) is 7.05 Å². The molecule has 0 aromatic heterocycles. The summed E-state index contributed by atoms with van der Waals surface area (Å²) in [6.45, 7) is 1.85. The molecule has 1 saturated carbocycles. The summed E-state index contributed by atoms with van der Waals surface area (Å²) in [4.78, 5) is 11.2. The first-order chi connectivity index (χ1) is 6.26. The van der Waals surface area contributed by atoms with E-state index in [1.54, 1.807) is 12.2 Å². The molecular weight excluding hydrogens is 164 g/mol. The minimum absolute atomic E-state index is 0.0317. The largest absolute Gasteiger partial charge is 0.350 e.